The van der Waals surface area contributed by atoms with Crippen molar-refractivity contribution in [3.8, 4) is 11.1 Å². The molecule has 0 spiro atoms. The Morgan fingerprint density at radius 3 is 2.65 bits per heavy atom. The average Bonchev–Trinajstić information content (AvgIpc) is 3.07. The minimum absolute atomic E-state index is 0.0686. The van der Waals surface area contributed by atoms with Crippen molar-refractivity contribution in [1.29, 1.82) is 0 Å². The highest BCUT2D eigenvalue weighted by molar-refractivity contribution is 6.33. The van der Waals surface area contributed by atoms with Gasteiger partial charge < -0.3 is 10.3 Å². The van der Waals surface area contributed by atoms with Crippen molar-refractivity contribution in [2.24, 2.45) is 0 Å². The molecule has 1 fully saturated rings. The van der Waals surface area contributed by atoms with Crippen LogP contribution in [0.3, 0.4) is 0 Å². The second-order valence-electron chi connectivity index (χ2n) is 5.59. The van der Waals surface area contributed by atoms with Gasteiger partial charge >= 0.3 is 0 Å². The second-order valence-corrected chi connectivity index (χ2v) is 6.00. The first-order valence-corrected chi connectivity index (χ1v) is 7.56. The van der Waals surface area contributed by atoms with Gasteiger partial charge in [-0.2, -0.15) is 0 Å². The average molecular weight is 291 g/mol. The molecule has 3 nitrogen and oxygen atoms in total. The lowest BCUT2D eigenvalue weighted by molar-refractivity contribution is 0.284. The van der Waals surface area contributed by atoms with Crippen molar-refractivity contribution in [3.05, 3.63) is 35.0 Å². The Balaban J connectivity index is 2.18. The third kappa shape index (κ3) is 2.01. The lowest BCUT2D eigenvalue weighted by atomic mass is 9.78. The fraction of sp³-hybridized carbons (Fsp3) is 0.438. The van der Waals surface area contributed by atoms with E-state index in [1.54, 1.807) is 0 Å². The molecular formula is C16H19ClN2O. The molecule has 1 heterocycles. The van der Waals surface area contributed by atoms with Gasteiger partial charge in [-0.3, -0.25) is 0 Å². The minimum atomic E-state index is 0.0686. The first kappa shape index (κ1) is 13.5. The molecule has 0 amide bonds. The molecular weight excluding hydrogens is 272 g/mol. The summed E-state index contributed by atoms with van der Waals surface area (Å²) in [6, 6.07) is 7.73. The molecule has 1 aromatic heterocycles. The SMILES string of the molecule is CCC1(c2onc(N)c2-c2ccccc2Cl)CCCC1. The molecule has 0 aliphatic heterocycles. The molecule has 1 aliphatic rings. The monoisotopic (exact) mass is 290 g/mol. The molecule has 0 bridgehead atoms. The van der Waals surface area contributed by atoms with Gasteiger partial charge in [0.2, 0.25) is 0 Å². The van der Waals surface area contributed by atoms with Crippen molar-refractivity contribution >= 4 is 17.4 Å². The van der Waals surface area contributed by atoms with Crippen LogP contribution in [-0.4, -0.2) is 5.16 Å². The summed E-state index contributed by atoms with van der Waals surface area (Å²) in [6.45, 7) is 2.21. The van der Waals surface area contributed by atoms with Crippen molar-refractivity contribution in [3.63, 3.8) is 0 Å². The molecule has 0 atom stereocenters. The fourth-order valence-electron chi connectivity index (χ4n) is 3.38. The highest BCUT2D eigenvalue weighted by Crippen LogP contribution is 2.49. The van der Waals surface area contributed by atoms with Gasteiger partial charge in [-0.05, 0) is 25.3 Å². The zero-order valence-electron chi connectivity index (χ0n) is 11.7. The van der Waals surface area contributed by atoms with Crippen LogP contribution >= 0.6 is 11.6 Å². The highest BCUT2D eigenvalue weighted by atomic mass is 35.5. The zero-order chi connectivity index (χ0) is 14.2. The minimum Gasteiger partial charge on any atom is -0.380 e. The Bertz CT molecular complexity index is 615. The van der Waals surface area contributed by atoms with Gasteiger partial charge in [-0.1, -0.05) is 54.7 Å². The first-order valence-electron chi connectivity index (χ1n) is 7.18. The third-order valence-corrected chi connectivity index (χ3v) is 4.91. The van der Waals surface area contributed by atoms with Crippen LogP contribution in [0.2, 0.25) is 5.02 Å². The van der Waals surface area contributed by atoms with E-state index in [-0.39, 0.29) is 5.41 Å². The van der Waals surface area contributed by atoms with Crippen LogP contribution < -0.4 is 5.73 Å². The third-order valence-electron chi connectivity index (χ3n) is 4.58. The molecule has 4 heteroatoms. The Morgan fingerprint density at radius 2 is 2.00 bits per heavy atom. The quantitative estimate of drug-likeness (QED) is 0.883. The van der Waals surface area contributed by atoms with Gasteiger partial charge in [0, 0.05) is 16.0 Å². The number of hydrogen-bond acceptors (Lipinski definition) is 3. The van der Waals surface area contributed by atoms with E-state index >= 15 is 0 Å². The van der Waals surface area contributed by atoms with E-state index in [1.807, 2.05) is 24.3 Å². The summed E-state index contributed by atoms with van der Waals surface area (Å²) in [5, 5.41) is 4.70. The number of benzene rings is 1. The van der Waals surface area contributed by atoms with Crippen LogP contribution in [0.1, 0.15) is 44.8 Å². The Labute approximate surface area is 124 Å². The summed E-state index contributed by atoms with van der Waals surface area (Å²) in [5.41, 5.74) is 7.94. The van der Waals surface area contributed by atoms with Crippen molar-refractivity contribution < 1.29 is 4.52 Å². The van der Waals surface area contributed by atoms with Gasteiger partial charge in [-0.25, -0.2) is 0 Å². The van der Waals surface area contributed by atoms with Crippen LogP contribution in [-0.2, 0) is 5.41 Å². The molecule has 106 valence electrons. The number of anilines is 1. The number of hydrogen-bond donors (Lipinski definition) is 1. The van der Waals surface area contributed by atoms with Crippen LogP contribution in [0.15, 0.2) is 28.8 Å². The molecule has 1 aromatic carbocycles. The first-order chi connectivity index (χ1) is 9.68. The number of nitrogen functional groups attached to an aromatic ring is 1. The summed E-state index contributed by atoms with van der Waals surface area (Å²) >= 11 is 6.33. The maximum atomic E-state index is 6.33. The molecule has 0 radical (unpaired) electrons. The predicted octanol–water partition coefficient (Wildman–Crippen LogP) is 4.80. The Kier molecular flexibility index (Phi) is 3.47. The van der Waals surface area contributed by atoms with Crippen LogP contribution in [0.4, 0.5) is 5.82 Å². The lowest BCUT2D eigenvalue weighted by Gasteiger charge is -2.25. The molecule has 0 saturated heterocycles. The maximum absolute atomic E-state index is 6.33. The normalized spacial score (nSPS) is 17.5. The predicted molar refractivity (Wildman–Crippen MR) is 81.8 cm³/mol. The summed E-state index contributed by atoms with van der Waals surface area (Å²) < 4.78 is 5.65. The van der Waals surface area contributed by atoms with Gasteiger partial charge in [0.05, 0.1) is 5.56 Å². The summed E-state index contributed by atoms with van der Waals surface area (Å²) in [5.74, 6) is 1.36. The van der Waals surface area contributed by atoms with Crippen LogP contribution in [0.5, 0.6) is 0 Å². The number of aromatic nitrogens is 1. The van der Waals surface area contributed by atoms with E-state index < -0.39 is 0 Å². The maximum Gasteiger partial charge on any atom is 0.175 e. The van der Waals surface area contributed by atoms with Crippen LogP contribution in [0, 0.1) is 0 Å². The van der Waals surface area contributed by atoms with Crippen molar-refractivity contribution in [1.82, 2.24) is 5.16 Å². The standard InChI is InChI=1S/C16H19ClN2O/c1-2-16(9-5-6-10-16)14-13(15(18)19-20-14)11-7-3-4-8-12(11)17/h3-4,7-8H,2,5-6,9-10H2,1H3,(H2,18,19). The molecule has 2 aromatic rings. The molecule has 0 unspecified atom stereocenters. The second kappa shape index (κ2) is 5.13. The highest BCUT2D eigenvalue weighted by Gasteiger charge is 2.40. The number of nitrogens with two attached hydrogens (primary N) is 1. The van der Waals surface area contributed by atoms with Gasteiger partial charge in [-0.15, -0.1) is 0 Å². The Hall–Kier alpha value is -1.48. The zero-order valence-corrected chi connectivity index (χ0v) is 12.4. The van der Waals surface area contributed by atoms with Gasteiger partial charge in [0.1, 0.15) is 0 Å². The van der Waals surface area contributed by atoms with Gasteiger partial charge in [0.25, 0.3) is 0 Å². The van der Waals surface area contributed by atoms with E-state index in [4.69, 9.17) is 21.9 Å². The van der Waals surface area contributed by atoms with Crippen molar-refractivity contribution in [2.75, 3.05) is 5.73 Å². The molecule has 1 aliphatic carbocycles. The summed E-state index contributed by atoms with van der Waals surface area (Å²) in [7, 11) is 0. The Morgan fingerprint density at radius 1 is 1.30 bits per heavy atom. The van der Waals surface area contributed by atoms with E-state index in [2.05, 4.69) is 12.1 Å². The summed E-state index contributed by atoms with van der Waals surface area (Å²) in [6.07, 6.45) is 5.77. The number of nitrogens with zero attached hydrogens (tertiary/aromatic N) is 1. The molecule has 3 rings (SSSR count). The smallest absolute Gasteiger partial charge is 0.175 e. The van der Waals surface area contributed by atoms with Crippen molar-refractivity contribution in [2.45, 2.75) is 44.4 Å². The van der Waals surface area contributed by atoms with Gasteiger partial charge in [0.15, 0.2) is 11.6 Å². The molecule has 1 saturated carbocycles. The molecule has 2 N–H and O–H groups in total. The number of rotatable bonds is 3. The van der Waals surface area contributed by atoms with E-state index in [1.165, 1.54) is 12.8 Å². The fourth-order valence-corrected chi connectivity index (χ4v) is 3.61. The number of halogens is 1. The molecule has 20 heavy (non-hydrogen) atoms. The largest absolute Gasteiger partial charge is 0.380 e. The van der Waals surface area contributed by atoms with Crippen LogP contribution in [0.25, 0.3) is 11.1 Å². The summed E-state index contributed by atoms with van der Waals surface area (Å²) in [4.78, 5) is 0. The lowest BCUT2D eigenvalue weighted by Crippen LogP contribution is -2.21. The topological polar surface area (TPSA) is 52.0 Å². The van der Waals surface area contributed by atoms with E-state index in [0.717, 1.165) is 36.1 Å². The van der Waals surface area contributed by atoms with E-state index in [9.17, 15) is 0 Å². The van der Waals surface area contributed by atoms with E-state index in [0.29, 0.717) is 10.8 Å².